The molecule has 0 saturated carbocycles. The Morgan fingerprint density at radius 2 is 2.17 bits per heavy atom. The van der Waals surface area contributed by atoms with Gasteiger partial charge in [-0.2, -0.15) is 0 Å². The van der Waals surface area contributed by atoms with Crippen molar-refractivity contribution in [2.45, 2.75) is 18.8 Å². The molecule has 0 bridgehead atoms. The average Bonchev–Trinajstić information content (AvgIpc) is 2.73. The number of halogens is 3. The van der Waals surface area contributed by atoms with Crippen LogP contribution in [0.15, 0.2) is 12.4 Å². The molecular weight excluding hydrogens is 264 g/mol. The summed E-state index contributed by atoms with van der Waals surface area (Å²) in [7, 11) is 0. The number of anilines is 1. The van der Waals surface area contributed by atoms with Crippen molar-refractivity contribution in [1.82, 2.24) is 19.6 Å². The van der Waals surface area contributed by atoms with E-state index in [1.54, 1.807) is 10.6 Å². The van der Waals surface area contributed by atoms with E-state index in [4.69, 9.17) is 11.6 Å². The van der Waals surface area contributed by atoms with Gasteiger partial charge in [-0.25, -0.2) is 13.8 Å². The Morgan fingerprint density at radius 1 is 1.33 bits per heavy atom. The Hall–Kier alpha value is -1.50. The minimum Gasteiger partial charge on any atom is -0.335 e. The Balaban J connectivity index is 2.02. The van der Waals surface area contributed by atoms with E-state index in [2.05, 4.69) is 15.2 Å². The van der Waals surface area contributed by atoms with Crippen LogP contribution in [0, 0.1) is 0 Å². The fourth-order valence-electron chi connectivity index (χ4n) is 2.14. The lowest BCUT2D eigenvalue weighted by Crippen LogP contribution is -2.43. The van der Waals surface area contributed by atoms with Gasteiger partial charge in [0.15, 0.2) is 10.8 Å². The molecule has 0 N–H and O–H groups in total. The Morgan fingerprint density at radius 3 is 2.94 bits per heavy atom. The zero-order chi connectivity index (χ0) is 12.8. The molecule has 0 atom stereocenters. The molecule has 0 aliphatic carbocycles. The predicted octanol–water partition coefficient (Wildman–Crippen LogP) is 2.01. The van der Waals surface area contributed by atoms with E-state index in [9.17, 15) is 8.78 Å². The molecule has 0 amide bonds. The number of alkyl halides is 2. The van der Waals surface area contributed by atoms with E-state index in [1.807, 2.05) is 0 Å². The first-order chi connectivity index (χ1) is 8.57. The zero-order valence-corrected chi connectivity index (χ0v) is 10.1. The van der Waals surface area contributed by atoms with Crippen LogP contribution in [0.1, 0.15) is 12.8 Å². The van der Waals surface area contributed by atoms with Gasteiger partial charge in [0, 0.05) is 25.4 Å². The number of hydrogen-bond acceptors (Lipinski definition) is 4. The summed E-state index contributed by atoms with van der Waals surface area (Å²) in [5, 5.41) is 8.01. The van der Waals surface area contributed by atoms with Crippen molar-refractivity contribution in [3.05, 3.63) is 17.5 Å². The summed E-state index contributed by atoms with van der Waals surface area (Å²) in [6, 6.07) is 0. The van der Waals surface area contributed by atoms with Gasteiger partial charge in [0.1, 0.15) is 0 Å². The summed E-state index contributed by atoms with van der Waals surface area (Å²) >= 11 is 5.86. The molecule has 0 radical (unpaired) electrons. The number of hydrogen-bond donors (Lipinski definition) is 0. The summed E-state index contributed by atoms with van der Waals surface area (Å²) in [4.78, 5) is 5.40. The van der Waals surface area contributed by atoms with Crippen LogP contribution in [0.3, 0.4) is 0 Å². The summed E-state index contributed by atoms with van der Waals surface area (Å²) < 4.78 is 28.4. The lowest BCUT2D eigenvalue weighted by molar-refractivity contribution is -0.0121. The van der Waals surface area contributed by atoms with Crippen molar-refractivity contribution >= 4 is 23.2 Å². The van der Waals surface area contributed by atoms with Gasteiger partial charge >= 0.3 is 0 Å². The quantitative estimate of drug-likeness (QED) is 0.797. The normalized spacial score (nSPS) is 19.4. The van der Waals surface area contributed by atoms with Crippen LogP contribution in [0.4, 0.5) is 14.7 Å². The Bertz CT molecular complexity index is 585. The Labute approximate surface area is 106 Å². The summed E-state index contributed by atoms with van der Waals surface area (Å²) in [6.45, 7) is 0.198. The second-order valence-corrected chi connectivity index (χ2v) is 4.65. The third-order valence-corrected chi connectivity index (χ3v) is 3.21. The molecule has 1 aliphatic heterocycles. The van der Waals surface area contributed by atoms with Gasteiger partial charge in [0.25, 0.3) is 5.92 Å². The van der Waals surface area contributed by atoms with Crippen LogP contribution >= 0.6 is 11.6 Å². The smallest absolute Gasteiger partial charge is 0.265 e. The first kappa shape index (κ1) is 11.6. The highest BCUT2D eigenvalue weighted by atomic mass is 35.5. The molecule has 1 aliphatic rings. The lowest BCUT2D eigenvalue weighted by Gasteiger charge is -2.32. The number of nitrogens with zero attached hydrogens (tertiary/aromatic N) is 5. The number of piperidine rings is 1. The molecule has 3 rings (SSSR count). The molecule has 0 unspecified atom stereocenters. The van der Waals surface area contributed by atoms with E-state index in [0.717, 1.165) is 0 Å². The van der Waals surface area contributed by atoms with Crippen molar-refractivity contribution in [2.24, 2.45) is 0 Å². The van der Waals surface area contributed by atoms with Crippen LogP contribution in [0.5, 0.6) is 0 Å². The third kappa shape index (κ3) is 1.88. The average molecular weight is 274 g/mol. The molecule has 18 heavy (non-hydrogen) atoms. The third-order valence-electron chi connectivity index (χ3n) is 2.94. The van der Waals surface area contributed by atoms with Crippen molar-refractivity contribution < 1.29 is 8.78 Å². The zero-order valence-electron chi connectivity index (χ0n) is 9.35. The molecule has 1 saturated heterocycles. The van der Waals surface area contributed by atoms with Gasteiger partial charge in [-0.05, 0) is 6.42 Å². The molecule has 0 aromatic carbocycles. The van der Waals surface area contributed by atoms with E-state index in [-0.39, 0.29) is 18.1 Å². The highest BCUT2D eigenvalue weighted by Crippen LogP contribution is 2.29. The van der Waals surface area contributed by atoms with Crippen molar-refractivity contribution in [3.8, 4) is 0 Å². The number of rotatable bonds is 1. The van der Waals surface area contributed by atoms with Crippen molar-refractivity contribution in [1.29, 1.82) is 0 Å². The van der Waals surface area contributed by atoms with Crippen LogP contribution in [0.25, 0.3) is 5.65 Å². The second-order valence-electron chi connectivity index (χ2n) is 4.29. The van der Waals surface area contributed by atoms with Gasteiger partial charge in [0.2, 0.25) is 5.95 Å². The van der Waals surface area contributed by atoms with E-state index in [1.165, 1.54) is 11.1 Å². The monoisotopic (exact) mass is 273 g/mol. The predicted molar refractivity (Wildman–Crippen MR) is 62.2 cm³/mol. The molecule has 2 aromatic heterocycles. The van der Waals surface area contributed by atoms with Crippen LogP contribution in [-0.2, 0) is 0 Å². The topological polar surface area (TPSA) is 46.3 Å². The van der Waals surface area contributed by atoms with Crippen LogP contribution in [0.2, 0.25) is 5.15 Å². The lowest BCUT2D eigenvalue weighted by atomic mass is 10.1. The fraction of sp³-hybridized carbons (Fsp3) is 0.500. The molecule has 0 spiro atoms. The highest BCUT2D eigenvalue weighted by molar-refractivity contribution is 6.32. The fourth-order valence-corrected chi connectivity index (χ4v) is 2.32. The van der Waals surface area contributed by atoms with Crippen LogP contribution in [-0.4, -0.2) is 38.6 Å². The maximum absolute atomic E-state index is 13.4. The summed E-state index contributed by atoms with van der Waals surface area (Å²) in [5.41, 5.74) is 0.378. The molecular formula is C10H10ClF2N5. The minimum atomic E-state index is -2.68. The van der Waals surface area contributed by atoms with Gasteiger partial charge in [-0.3, -0.25) is 4.40 Å². The van der Waals surface area contributed by atoms with Gasteiger partial charge in [0.05, 0.1) is 6.54 Å². The van der Waals surface area contributed by atoms with E-state index >= 15 is 0 Å². The SMILES string of the molecule is FC1(F)CCCN(c2nnc3c(Cl)nccn23)C1. The number of fused-ring (bicyclic) bond motifs is 1. The largest absolute Gasteiger partial charge is 0.335 e. The molecule has 5 nitrogen and oxygen atoms in total. The minimum absolute atomic E-state index is 0.0808. The van der Waals surface area contributed by atoms with Gasteiger partial charge < -0.3 is 4.90 Å². The maximum atomic E-state index is 13.4. The number of aromatic nitrogens is 4. The second kappa shape index (κ2) is 4.01. The van der Waals surface area contributed by atoms with Crippen molar-refractivity contribution in [2.75, 3.05) is 18.0 Å². The Kier molecular flexibility index (Phi) is 2.58. The molecule has 96 valence electrons. The first-order valence-corrected chi connectivity index (χ1v) is 5.93. The van der Waals surface area contributed by atoms with Crippen molar-refractivity contribution in [3.63, 3.8) is 0 Å². The molecule has 1 fully saturated rings. The standard InChI is InChI=1S/C10H10ClF2N5/c11-7-8-15-16-9(18(8)5-3-14-7)17-4-1-2-10(12,13)6-17/h3,5H,1-2,4,6H2. The molecule has 3 heterocycles. The van der Waals surface area contributed by atoms with Gasteiger partial charge in [-0.1, -0.05) is 11.6 Å². The first-order valence-electron chi connectivity index (χ1n) is 5.55. The molecule has 2 aromatic rings. The summed E-state index contributed by atoms with van der Waals surface area (Å²) in [5.74, 6) is -2.30. The summed E-state index contributed by atoms with van der Waals surface area (Å²) in [6.07, 6.45) is 3.46. The van der Waals surface area contributed by atoms with Gasteiger partial charge in [-0.15, -0.1) is 10.2 Å². The maximum Gasteiger partial charge on any atom is 0.265 e. The molecule has 8 heteroatoms. The van der Waals surface area contributed by atoms with E-state index < -0.39 is 5.92 Å². The van der Waals surface area contributed by atoms with Crippen LogP contribution < -0.4 is 4.90 Å². The van der Waals surface area contributed by atoms with E-state index in [0.29, 0.717) is 24.6 Å². The highest BCUT2D eigenvalue weighted by Gasteiger charge is 2.36.